The quantitative estimate of drug-likeness (QED) is 0.844. The molecule has 0 N–H and O–H groups in total. The number of rotatable bonds is 4. The molecule has 0 radical (unpaired) electrons. The van der Waals surface area contributed by atoms with Crippen LogP contribution < -0.4 is 0 Å². The maximum Gasteiger partial charge on any atom is 0.140 e. The summed E-state index contributed by atoms with van der Waals surface area (Å²) in [5.41, 5.74) is 2.88. The Morgan fingerprint density at radius 3 is 3.16 bits per heavy atom. The van der Waals surface area contributed by atoms with Crippen molar-refractivity contribution in [3.05, 3.63) is 47.5 Å². The van der Waals surface area contributed by atoms with Crippen molar-refractivity contribution in [2.24, 2.45) is 0 Å². The standard InChI is InChI=1S/C15H19N3O/c1-19-10-9-18-11-16-17-15(18)14-8-4-6-12-5-2-3-7-13(12)14/h2-3,5,7,11,14H,4,6,8-10H2,1H3. The smallest absolute Gasteiger partial charge is 0.140 e. The largest absolute Gasteiger partial charge is 0.383 e. The van der Waals surface area contributed by atoms with E-state index in [0.29, 0.717) is 12.5 Å². The van der Waals surface area contributed by atoms with Crippen molar-refractivity contribution in [3.8, 4) is 0 Å². The van der Waals surface area contributed by atoms with Crippen LogP contribution in [-0.4, -0.2) is 28.5 Å². The Hall–Kier alpha value is -1.68. The Balaban J connectivity index is 1.93. The number of hydrogen-bond donors (Lipinski definition) is 0. The van der Waals surface area contributed by atoms with Crippen molar-refractivity contribution >= 4 is 0 Å². The number of ether oxygens (including phenoxy) is 1. The summed E-state index contributed by atoms with van der Waals surface area (Å²) < 4.78 is 7.27. The number of methoxy groups -OCH3 is 1. The molecule has 0 amide bonds. The normalized spacial score (nSPS) is 18.3. The average molecular weight is 257 g/mol. The van der Waals surface area contributed by atoms with E-state index in [-0.39, 0.29) is 0 Å². The number of aryl methyl sites for hydroxylation is 1. The zero-order chi connectivity index (χ0) is 13.1. The minimum atomic E-state index is 0.379. The van der Waals surface area contributed by atoms with E-state index >= 15 is 0 Å². The van der Waals surface area contributed by atoms with Crippen LogP contribution in [0.3, 0.4) is 0 Å². The van der Waals surface area contributed by atoms with Gasteiger partial charge >= 0.3 is 0 Å². The molecule has 1 heterocycles. The number of hydrogen-bond acceptors (Lipinski definition) is 3. The molecule has 0 bridgehead atoms. The maximum atomic E-state index is 5.15. The zero-order valence-electron chi connectivity index (χ0n) is 11.2. The summed E-state index contributed by atoms with van der Waals surface area (Å²) in [6.45, 7) is 1.51. The molecule has 0 aliphatic heterocycles. The zero-order valence-corrected chi connectivity index (χ0v) is 11.2. The molecule has 3 rings (SSSR count). The van der Waals surface area contributed by atoms with Gasteiger partial charge in [-0.05, 0) is 30.4 Å². The van der Waals surface area contributed by atoms with Crippen molar-refractivity contribution in [2.75, 3.05) is 13.7 Å². The van der Waals surface area contributed by atoms with Crippen LogP contribution in [0.5, 0.6) is 0 Å². The third-order valence-corrected chi connectivity index (χ3v) is 3.86. The van der Waals surface area contributed by atoms with Gasteiger partial charge in [-0.25, -0.2) is 0 Å². The number of nitrogens with zero attached hydrogens (tertiary/aromatic N) is 3. The molecular formula is C15H19N3O. The van der Waals surface area contributed by atoms with Gasteiger partial charge < -0.3 is 9.30 Å². The Kier molecular flexibility index (Phi) is 3.60. The summed E-state index contributed by atoms with van der Waals surface area (Å²) in [7, 11) is 1.72. The summed E-state index contributed by atoms with van der Waals surface area (Å²) in [6, 6.07) is 8.70. The molecule has 1 aromatic carbocycles. The van der Waals surface area contributed by atoms with Crippen molar-refractivity contribution in [3.63, 3.8) is 0 Å². The van der Waals surface area contributed by atoms with Gasteiger partial charge in [-0.2, -0.15) is 0 Å². The van der Waals surface area contributed by atoms with Crippen LogP contribution in [0.25, 0.3) is 0 Å². The van der Waals surface area contributed by atoms with Gasteiger partial charge in [0.05, 0.1) is 6.61 Å². The van der Waals surface area contributed by atoms with Crippen molar-refractivity contribution < 1.29 is 4.74 Å². The maximum absolute atomic E-state index is 5.15. The summed E-state index contributed by atoms with van der Waals surface area (Å²) in [5.74, 6) is 1.45. The minimum Gasteiger partial charge on any atom is -0.383 e. The second kappa shape index (κ2) is 5.53. The Morgan fingerprint density at radius 1 is 1.37 bits per heavy atom. The van der Waals surface area contributed by atoms with Crippen LogP contribution in [-0.2, 0) is 17.7 Å². The lowest BCUT2D eigenvalue weighted by molar-refractivity contribution is 0.186. The van der Waals surface area contributed by atoms with E-state index in [4.69, 9.17) is 4.74 Å². The molecule has 0 fully saturated rings. The van der Waals surface area contributed by atoms with Gasteiger partial charge in [-0.1, -0.05) is 24.3 Å². The predicted octanol–water partition coefficient (Wildman–Crippen LogP) is 2.39. The van der Waals surface area contributed by atoms with Crippen LogP contribution in [0.4, 0.5) is 0 Å². The number of aromatic nitrogens is 3. The summed E-state index contributed by atoms with van der Waals surface area (Å²) in [5, 5.41) is 8.43. The monoisotopic (exact) mass is 257 g/mol. The number of fused-ring (bicyclic) bond motifs is 1. The van der Waals surface area contributed by atoms with Gasteiger partial charge in [0.25, 0.3) is 0 Å². The molecule has 4 heteroatoms. The van der Waals surface area contributed by atoms with Gasteiger partial charge in [0, 0.05) is 19.6 Å². The van der Waals surface area contributed by atoms with E-state index in [2.05, 4.69) is 39.0 Å². The van der Waals surface area contributed by atoms with Gasteiger partial charge in [0.2, 0.25) is 0 Å². The first-order chi connectivity index (χ1) is 9.40. The lowest BCUT2D eigenvalue weighted by Crippen LogP contribution is -2.17. The third-order valence-electron chi connectivity index (χ3n) is 3.86. The molecule has 2 aromatic rings. The first-order valence-electron chi connectivity index (χ1n) is 6.84. The lowest BCUT2D eigenvalue weighted by Gasteiger charge is -2.25. The van der Waals surface area contributed by atoms with Crippen molar-refractivity contribution in [1.29, 1.82) is 0 Å². The van der Waals surface area contributed by atoms with Crippen LogP contribution in [0, 0.1) is 0 Å². The Bertz CT molecular complexity index is 550. The second-order valence-corrected chi connectivity index (χ2v) is 5.02. The van der Waals surface area contributed by atoms with Crippen LogP contribution in [0.15, 0.2) is 30.6 Å². The Labute approximate surface area is 113 Å². The fourth-order valence-corrected chi connectivity index (χ4v) is 2.92. The van der Waals surface area contributed by atoms with E-state index in [1.54, 1.807) is 7.11 Å². The third kappa shape index (κ3) is 2.40. The summed E-state index contributed by atoms with van der Waals surface area (Å²) in [4.78, 5) is 0. The molecule has 0 saturated carbocycles. The fourth-order valence-electron chi connectivity index (χ4n) is 2.92. The molecule has 1 aliphatic carbocycles. The SMILES string of the molecule is COCCn1cnnc1C1CCCc2ccccc21. The predicted molar refractivity (Wildman–Crippen MR) is 73.1 cm³/mol. The minimum absolute atomic E-state index is 0.379. The van der Waals surface area contributed by atoms with Gasteiger partial charge in [0.15, 0.2) is 0 Å². The molecular weight excluding hydrogens is 238 g/mol. The summed E-state index contributed by atoms with van der Waals surface area (Å²) >= 11 is 0. The highest BCUT2D eigenvalue weighted by molar-refractivity contribution is 5.36. The van der Waals surface area contributed by atoms with Crippen molar-refractivity contribution in [1.82, 2.24) is 14.8 Å². The first kappa shape index (κ1) is 12.4. The van der Waals surface area contributed by atoms with Crippen molar-refractivity contribution in [2.45, 2.75) is 31.7 Å². The molecule has 1 aromatic heterocycles. The fraction of sp³-hybridized carbons (Fsp3) is 0.467. The van der Waals surface area contributed by atoms with Gasteiger partial charge in [0.1, 0.15) is 12.2 Å². The highest BCUT2D eigenvalue weighted by Gasteiger charge is 2.25. The second-order valence-electron chi connectivity index (χ2n) is 5.02. The highest BCUT2D eigenvalue weighted by Crippen LogP contribution is 2.35. The van der Waals surface area contributed by atoms with E-state index in [9.17, 15) is 0 Å². The molecule has 100 valence electrons. The summed E-state index contributed by atoms with van der Waals surface area (Å²) in [6.07, 6.45) is 5.37. The average Bonchev–Trinajstić information content (AvgIpc) is 2.92. The van der Waals surface area contributed by atoms with Gasteiger partial charge in [-0.3, -0.25) is 0 Å². The lowest BCUT2D eigenvalue weighted by atomic mass is 9.82. The molecule has 1 unspecified atom stereocenters. The van der Waals surface area contributed by atoms with Crippen LogP contribution in [0.1, 0.15) is 35.7 Å². The van der Waals surface area contributed by atoms with Crippen LogP contribution in [0.2, 0.25) is 0 Å². The molecule has 19 heavy (non-hydrogen) atoms. The van der Waals surface area contributed by atoms with E-state index < -0.39 is 0 Å². The molecule has 4 nitrogen and oxygen atoms in total. The molecule has 0 saturated heterocycles. The first-order valence-corrected chi connectivity index (χ1v) is 6.84. The number of benzene rings is 1. The van der Waals surface area contributed by atoms with E-state index in [0.717, 1.165) is 18.8 Å². The van der Waals surface area contributed by atoms with Crippen LogP contribution >= 0.6 is 0 Å². The molecule has 1 aliphatic rings. The highest BCUT2D eigenvalue weighted by atomic mass is 16.5. The molecule has 0 spiro atoms. The van der Waals surface area contributed by atoms with E-state index in [1.165, 1.54) is 24.0 Å². The molecule has 1 atom stereocenters. The Morgan fingerprint density at radius 2 is 2.26 bits per heavy atom. The van der Waals surface area contributed by atoms with E-state index in [1.807, 2.05) is 6.33 Å². The van der Waals surface area contributed by atoms with Gasteiger partial charge in [-0.15, -0.1) is 10.2 Å². The topological polar surface area (TPSA) is 39.9 Å².